The van der Waals surface area contributed by atoms with Crippen molar-refractivity contribution in [3.63, 3.8) is 0 Å². The molecular formula is C11H13Cl3Si. The van der Waals surface area contributed by atoms with Crippen LogP contribution in [0.15, 0.2) is 30.8 Å². The fourth-order valence-electron chi connectivity index (χ4n) is 1.37. The number of rotatable bonds is 5. The molecule has 0 aliphatic rings. The first-order valence-electron chi connectivity index (χ1n) is 4.79. The van der Waals surface area contributed by atoms with Crippen LogP contribution in [-0.2, 0) is 6.42 Å². The zero-order chi connectivity index (χ0) is 11.3. The lowest BCUT2D eigenvalue weighted by atomic mass is 10.1. The summed E-state index contributed by atoms with van der Waals surface area (Å²) in [5.41, 5.74) is 2.41. The zero-order valence-corrected chi connectivity index (χ0v) is 11.6. The maximum atomic E-state index is 5.81. The normalized spacial score (nSPS) is 11.4. The van der Waals surface area contributed by atoms with E-state index in [9.17, 15) is 0 Å². The van der Waals surface area contributed by atoms with Crippen molar-refractivity contribution in [3.05, 3.63) is 42.0 Å². The van der Waals surface area contributed by atoms with Gasteiger partial charge in [0.2, 0.25) is 0 Å². The van der Waals surface area contributed by atoms with Crippen molar-refractivity contribution < 1.29 is 0 Å². The average Bonchev–Trinajstić information content (AvgIpc) is 2.16. The summed E-state index contributed by atoms with van der Waals surface area (Å²) in [6.07, 6.45) is 3.74. The van der Waals surface area contributed by atoms with E-state index in [1.165, 1.54) is 5.56 Å². The number of hydrogen-bond donors (Lipinski definition) is 0. The van der Waals surface area contributed by atoms with E-state index in [4.69, 9.17) is 33.2 Å². The monoisotopic (exact) mass is 278 g/mol. The Bertz CT molecular complexity index is 331. The molecule has 0 atom stereocenters. The average molecular weight is 280 g/mol. The van der Waals surface area contributed by atoms with Crippen molar-refractivity contribution in [2.45, 2.75) is 18.9 Å². The number of benzene rings is 1. The highest BCUT2D eigenvalue weighted by molar-refractivity contribution is 7.64. The van der Waals surface area contributed by atoms with Gasteiger partial charge in [0.25, 0.3) is 0 Å². The summed E-state index contributed by atoms with van der Waals surface area (Å²) in [5.74, 6) is 0. The third kappa shape index (κ3) is 5.62. The first-order chi connectivity index (χ1) is 7.01. The molecule has 0 aliphatic heterocycles. The Morgan fingerprint density at radius 2 is 2.00 bits per heavy atom. The maximum absolute atomic E-state index is 5.81. The van der Waals surface area contributed by atoms with Crippen LogP contribution < -0.4 is 0 Å². The van der Waals surface area contributed by atoms with Gasteiger partial charge in [0.1, 0.15) is 0 Å². The molecule has 1 aromatic rings. The van der Waals surface area contributed by atoms with Gasteiger partial charge in [-0.1, -0.05) is 36.9 Å². The molecule has 15 heavy (non-hydrogen) atoms. The second-order valence-electron chi connectivity index (χ2n) is 3.42. The SMILES string of the molecule is C=Cc1cccc(CCC[Si](Cl)(Cl)Cl)c1. The van der Waals surface area contributed by atoms with Crippen LogP contribution in [0, 0.1) is 0 Å². The molecule has 0 unspecified atom stereocenters. The lowest BCUT2D eigenvalue weighted by molar-refractivity contribution is 0.914. The van der Waals surface area contributed by atoms with Crippen LogP contribution in [-0.4, -0.2) is 6.00 Å². The van der Waals surface area contributed by atoms with Crippen LogP contribution in [0.3, 0.4) is 0 Å². The van der Waals surface area contributed by atoms with E-state index in [2.05, 4.69) is 18.7 Å². The Balaban J connectivity index is 2.47. The van der Waals surface area contributed by atoms with E-state index in [1.54, 1.807) is 0 Å². The van der Waals surface area contributed by atoms with Crippen molar-refractivity contribution in [2.24, 2.45) is 0 Å². The van der Waals surface area contributed by atoms with Crippen LogP contribution in [0.5, 0.6) is 0 Å². The Morgan fingerprint density at radius 1 is 1.27 bits per heavy atom. The summed E-state index contributed by atoms with van der Waals surface area (Å²) in [5, 5.41) is 0. The predicted molar refractivity (Wildman–Crippen MR) is 73.0 cm³/mol. The molecule has 1 rings (SSSR count). The van der Waals surface area contributed by atoms with Crippen LogP contribution in [0.1, 0.15) is 17.5 Å². The molecule has 0 aromatic heterocycles. The fourth-order valence-corrected chi connectivity index (χ4v) is 3.15. The minimum atomic E-state index is -2.44. The van der Waals surface area contributed by atoms with E-state index in [-0.39, 0.29) is 0 Å². The van der Waals surface area contributed by atoms with Crippen molar-refractivity contribution in [1.82, 2.24) is 0 Å². The molecule has 0 saturated carbocycles. The van der Waals surface area contributed by atoms with Crippen LogP contribution in [0.25, 0.3) is 6.08 Å². The minimum absolute atomic E-state index is 0.718. The topological polar surface area (TPSA) is 0 Å². The molecule has 0 nitrogen and oxygen atoms in total. The van der Waals surface area contributed by atoms with Gasteiger partial charge in [0.05, 0.1) is 0 Å². The fraction of sp³-hybridized carbons (Fsp3) is 0.273. The standard InChI is InChI=1S/C11H13Cl3Si/c1-2-10-5-3-6-11(9-10)7-4-8-15(12,13)14/h2-3,5-6,9H,1,4,7-8H2. The highest BCUT2D eigenvalue weighted by Gasteiger charge is 2.23. The molecule has 82 valence electrons. The predicted octanol–water partition coefficient (Wildman–Crippen LogP) is 4.92. The van der Waals surface area contributed by atoms with E-state index in [0.29, 0.717) is 0 Å². The largest absolute Gasteiger partial charge is 0.341 e. The van der Waals surface area contributed by atoms with Crippen molar-refractivity contribution in [1.29, 1.82) is 0 Å². The lowest BCUT2D eigenvalue weighted by Crippen LogP contribution is -2.08. The van der Waals surface area contributed by atoms with Gasteiger partial charge >= 0.3 is 6.00 Å². The van der Waals surface area contributed by atoms with Crippen molar-refractivity contribution >= 4 is 45.3 Å². The van der Waals surface area contributed by atoms with Crippen LogP contribution in [0.4, 0.5) is 0 Å². The van der Waals surface area contributed by atoms with Crippen LogP contribution >= 0.6 is 33.2 Å². The van der Waals surface area contributed by atoms with Gasteiger partial charge in [-0.2, -0.15) is 0 Å². The molecule has 0 radical (unpaired) electrons. The zero-order valence-electron chi connectivity index (χ0n) is 8.35. The quantitative estimate of drug-likeness (QED) is 0.530. The second kappa shape index (κ2) is 5.95. The highest BCUT2D eigenvalue weighted by Crippen LogP contribution is 2.27. The molecular weight excluding hydrogens is 267 g/mol. The lowest BCUT2D eigenvalue weighted by Gasteiger charge is -2.07. The summed E-state index contributed by atoms with van der Waals surface area (Å²) in [6.45, 7) is 3.74. The van der Waals surface area contributed by atoms with Gasteiger partial charge in [0, 0.05) is 0 Å². The molecule has 1 aromatic carbocycles. The minimum Gasteiger partial charge on any atom is -0.126 e. The third-order valence-corrected chi connectivity index (χ3v) is 4.73. The van der Waals surface area contributed by atoms with Gasteiger partial charge in [-0.25, -0.2) is 0 Å². The smallest absolute Gasteiger partial charge is 0.126 e. The number of aryl methyl sites for hydroxylation is 1. The summed E-state index contributed by atoms with van der Waals surface area (Å²) in [4.78, 5) is 0. The summed E-state index contributed by atoms with van der Waals surface area (Å²) >= 11 is 17.4. The van der Waals surface area contributed by atoms with Gasteiger partial charge < -0.3 is 0 Å². The Kier molecular flexibility index (Phi) is 5.20. The summed E-state index contributed by atoms with van der Waals surface area (Å²) < 4.78 is 0. The summed E-state index contributed by atoms with van der Waals surface area (Å²) in [7, 11) is 0. The van der Waals surface area contributed by atoms with Crippen molar-refractivity contribution in [3.8, 4) is 0 Å². The highest BCUT2D eigenvalue weighted by atomic mass is 35.8. The van der Waals surface area contributed by atoms with E-state index in [0.717, 1.165) is 24.4 Å². The number of halogens is 3. The maximum Gasteiger partial charge on any atom is 0.341 e. The Morgan fingerprint density at radius 3 is 2.60 bits per heavy atom. The molecule has 0 N–H and O–H groups in total. The van der Waals surface area contributed by atoms with Gasteiger partial charge in [-0.3, -0.25) is 0 Å². The van der Waals surface area contributed by atoms with Crippen LogP contribution in [0.2, 0.25) is 6.04 Å². The van der Waals surface area contributed by atoms with Gasteiger partial charge in [-0.15, -0.1) is 33.2 Å². The molecule has 0 bridgehead atoms. The first kappa shape index (κ1) is 13.1. The molecule has 0 heterocycles. The molecule has 0 fully saturated rings. The second-order valence-corrected chi connectivity index (χ2v) is 12.7. The van der Waals surface area contributed by atoms with Gasteiger partial charge in [-0.05, 0) is 30.0 Å². The number of hydrogen-bond acceptors (Lipinski definition) is 0. The summed E-state index contributed by atoms with van der Waals surface area (Å²) in [6, 6.07) is 6.54. The van der Waals surface area contributed by atoms with E-state index < -0.39 is 6.00 Å². The third-order valence-electron chi connectivity index (χ3n) is 2.11. The molecule has 0 saturated heterocycles. The first-order valence-corrected chi connectivity index (χ1v) is 10.0. The Labute approximate surface area is 106 Å². The Hall–Kier alpha value is 0.0469. The van der Waals surface area contributed by atoms with E-state index >= 15 is 0 Å². The molecule has 0 spiro atoms. The molecule has 0 aliphatic carbocycles. The van der Waals surface area contributed by atoms with Crippen molar-refractivity contribution in [2.75, 3.05) is 0 Å². The molecule has 4 heteroatoms. The van der Waals surface area contributed by atoms with E-state index in [1.807, 2.05) is 18.2 Å². The van der Waals surface area contributed by atoms with Gasteiger partial charge in [0.15, 0.2) is 0 Å². The molecule has 0 amide bonds.